The molecule has 2 aromatic rings. The predicted molar refractivity (Wildman–Crippen MR) is 106 cm³/mol. The summed E-state index contributed by atoms with van der Waals surface area (Å²) < 4.78 is 32.4. The summed E-state index contributed by atoms with van der Waals surface area (Å²) in [4.78, 5) is 12.9. The van der Waals surface area contributed by atoms with E-state index in [-0.39, 0.29) is 40.6 Å². The van der Waals surface area contributed by atoms with Gasteiger partial charge in [-0.25, -0.2) is 13.7 Å². The monoisotopic (exact) mass is 420 g/mol. The van der Waals surface area contributed by atoms with Crippen LogP contribution in [0.5, 0.6) is 5.75 Å². The first-order chi connectivity index (χ1) is 13.6. The quantitative estimate of drug-likeness (QED) is 0.562. The summed E-state index contributed by atoms with van der Waals surface area (Å²) in [6.07, 6.45) is 2.93. The standard InChI is InChI=1S/C19H21FN4O4S/c1-4-19(2,26)7-8-28-17-15(29(22)27)11-24(3)16(17)18(25)23-13-5-6-14(20)12(9-13)10-21/h4-6,9,11,26H,1,7-8,22H2,2-3H3,(H,23,25). The number of aryl methyl sites for hydroxylation is 1. The Morgan fingerprint density at radius 2 is 2.28 bits per heavy atom. The Morgan fingerprint density at radius 1 is 1.59 bits per heavy atom. The van der Waals surface area contributed by atoms with Crippen molar-refractivity contribution in [3.8, 4) is 11.8 Å². The Hall–Kier alpha value is -3.00. The van der Waals surface area contributed by atoms with E-state index in [0.29, 0.717) is 0 Å². The van der Waals surface area contributed by atoms with Crippen LogP contribution in [0.4, 0.5) is 10.1 Å². The molecule has 0 aliphatic carbocycles. The zero-order valence-corrected chi connectivity index (χ0v) is 16.8. The summed E-state index contributed by atoms with van der Waals surface area (Å²) in [7, 11) is -0.384. The molecule has 0 bridgehead atoms. The van der Waals surface area contributed by atoms with E-state index in [0.717, 1.165) is 6.07 Å². The van der Waals surface area contributed by atoms with E-state index in [1.54, 1.807) is 20.0 Å². The number of amides is 1. The smallest absolute Gasteiger partial charge is 0.276 e. The third-order valence-corrected chi connectivity index (χ3v) is 4.90. The summed E-state index contributed by atoms with van der Waals surface area (Å²) in [6, 6.07) is 5.26. The van der Waals surface area contributed by atoms with Crippen LogP contribution in [0.3, 0.4) is 0 Å². The molecular weight excluding hydrogens is 399 g/mol. The van der Waals surface area contributed by atoms with Crippen LogP contribution >= 0.6 is 0 Å². The number of hydrogen-bond acceptors (Lipinski definition) is 5. The van der Waals surface area contributed by atoms with Crippen molar-refractivity contribution in [3.05, 3.63) is 54.1 Å². The maximum Gasteiger partial charge on any atom is 0.276 e. The number of aliphatic hydroxyl groups is 1. The summed E-state index contributed by atoms with van der Waals surface area (Å²) in [6.45, 7) is 5.08. The van der Waals surface area contributed by atoms with E-state index in [4.69, 9.17) is 15.1 Å². The van der Waals surface area contributed by atoms with Crippen molar-refractivity contribution >= 4 is 22.6 Å². The Bertz CT molecular complexity index is 1010. The van der Waals surface area contributed by atoms with E-state index >= 15 is 0 Å². The van der Waals surface area contributed by atoms with Gasteiger partial charge in [0.25, 0.3) is 5.91 Å². The molecule has 0 fully saturated rings. The highest BCUT2D eigenvalue weighted by molar-refractivity contribution is 7.82. The fourth-order valence-electron chi connectivity index (χ4n) is 2.46. The molecule has 2 rings (SSSR count). The number of carbonyl (C=O) groups is 1. The molecule has 1 aromatic heterocycles. The van der Waals surface area contributed by atoms with E-state index in [1.165, 1.54) is 29.0 Å². The molecule has 10 heteroatoms. The number of hydrogen-bond donors (Lipinski definition) is 3. The lowest BCUT2D eigenvalue weighted by atomic mass is 10.0. The van der Waals surface area contributed by atoms with Crippen LogP contribution < -0.4 is 15.2 Å². The number of carbonyl (C=O) groups excluding carboxylic acids is 1. The van der Waals surface area contributed by atoms with Gasteiger partial charge in [-0.15, -0.1) is 6.58 Å². The molecule has 2 atom stereocenters. The average Bonchev–Trinajstić information content (AvgIpc) is 2.99. The van der Waals surface area contributed by atoms with Crippen molar-refractivity contribution < 1.29 is 23.2 Å². The molecule has 0 aliphatic heterocycles. The van der Waals surface area contributed by atoms with Gasteiger partial charge in [-0.1, -0.05) is 6.08 Å². The Balaban J connectivity index is 2.33. The maximum atomic E-state index is 13.5. The molecule has 8 nitrogen and oxygen atoms in total. The number of halogens is 1. The second kappa shape index (κ2) is 9.00. The Labute approximate surface area is 170 Å². The van der Waals surface area contributed by atoms with Gasteiger partial charge < -0.3 is 19.7 Å². The average molecular weight is 420 g/mol. The highest BCUT2D eigenvalue weighted by Crippen LogP contribution is 2.29. The SMILES string of the molecule is C=CC(C)(O)CCOc1c(S(N)=O)cn(C)c1C(=O)Nc1ccc(F)c(C#N)c1. The first kappa shape index (κ1) is 22.3. The number of nitrogens with two attached hydrogens (primary N) is 1. The first-order valence-corrected chi connectivity index (χ1v) is 9.66. The highest BCUT2D eigenvalue weighted by Gasteiger charge is 2.25. The van der Waals surface area contributed by atoms with Crippen molar-refractivity contribution in [1.29, 1.82) is 5.26 Å². The number of benzene rings is 1. The number of aromatic nitrogens is 1. The number of nitrogens with zero attached hydrogens (tertiary/aromatic N) is 2. The lowest BCUT2D eigenvalue weighted by Gasteiger charge is -2.19. The van der Waals surface area contributed by atoms with E-state index in [9.17, 15) is 18.5 Å². The zero-order valence-electron chi connectivity index (χ0n) is 15.9. The predicted octanol–water partition coefficient (Wildman–Crippen LogP) is 1.98. The topological polar surface area (TPSA) is 130 Å². The van der Waals surface area contributed by atoms with Crippen LogP contribution in [0.25, 0.3) is 0 Å². The fourth-order valence-corrected chi connectivity index (χ4v) is 3.06. The van der Waals surface area contributed by atoms with E-state index < -0.39 is 28.3 Å². The highest BCUT2D eigenvalue weighted by atomic mass is 32.2. The lowest BCUT2D eigenvalue weighted by molar-refractivity contribution is 0.0827. The minimum absolute atomic E-state index is 0.00262. The molecular formula is C19H21FN4O4S. The van der Waals surface area contributed by atoms with Crippen molar-refractivity contribution in [2.24, 2.45) is 12.2 Å². The van der Waals surface area contributed by atoms with Gasteiger partial charge in [0.1, 0.15) is 27.8 Å². The fraction of sp³-hybridized carbons (Fsp3) is 0.263. The molecule has 2 unspecified atom stereocenters. The van der Waals surface area contributed by atoms with Gasteiger partial charge in [0.15, 0.2) is 11.4 Å². The summed E-state index contributed by atoms with van der Waals surface area (Å²) in [5, 5.41) is 27.0. The van der Waals surface area contributed by atoms with E-state index in [1.807, 2.05) is 0 Å². The minimum Gasteiger partial charge on any atom is -0.490 e. The molecule has 0 radical (unpaired) electrons. The van der Waals surface area contributed by atoms with Crippen LogP contribution in [-0.4, -0.2) is 32.0 Å². The van der Waals surface area contributed by atoms with Gasteiger partial charge in [-0.2, -0.15) is 5.26 Å². The molecule has 0 aliphatic rings. The molecule has 1 heterocycles. The molecule has 0 spiro atoms. The third kappa shape index (κ3) is 5.29. The second-order valence-corrected chi connectivity index (χ2v) is 7.53. The number of rotatable bonds is 8. The van der Waals surface area contributed by atoms with Gasteiger partial charge >= 0.3 is 0 Å². The molecule has 1 amide bonds. The maximum absolute atomic E-state index is 13.5. The number of nitriles is 1. The van der Waals surface area contributed by atoms with Gasteiger partial charge in [-0.3, -0.25) is 4.79 Å². The minimum atomic E-state index is -1.93. The van der Waals surface area contributed by atoms with Crippen molar-refractivity contribution in [2.75, 3.05) is 11.9 Å². The van der Waals surface area contributed by atoms with Crippen LogP contribution in [0, 0.1) is 17.1 Å². The molecule has 0 saturated carbocycles. The molecule has 4 N–H and O–H groups in total. The number of nitrogens with one attached hydrogen (secondary N) is 1. The molecule has 29 heavy (non-hydrogen) atoms. The van der Waals surface area contributed by atoms with Crippen molar-refractivity contribution in [3.63, 3.8) is 0 Å². The van der Waals surface area contributed by atoms with Crippen molar-refractivity contribution in [1.82, 2.24) is 4.57 Å². The third-order valence-electron chi connectivity index (χ3n) is 4.17. The molecule has 154 valence electrons. The van der Waals surface area contributed by atoms with Crippen LogP contribution in [0.15, 0.2) is 41.9 Å². The van der Waals surface area contributed by atoms with Gasteiger partial charge in [-0.05, 0) is 25.1 Å². The Morgan fingerprint density at radius 3 is 2.86 bits per heavy atom. The normalized spacial score (nSPS) is 13.8. The van der Waals surface area contributed by atoms with Crippen LogP contribution in [0.2, 0.25) is 0 Å². The summed E-state index contributed by atoms with van der Waals surface area (Å²) in [5.41, 5.74) is -1.17. The Kier molecular flexibility index (Phi) is 6.92. The van der Waals surface area contributed by atoms with Crippen molar-refractivity contribution in [2.45, 2.75) is 23.8 Å². The molecule has 0 saturated heterocycles. The lowest BCUT2D eigenvalue weighted by Crippen LogP contribution is -2.24. The van der Waals surface area contributed by atoms with Crippen LogP contribution in [-0.2, 0) is 18.0 Å². The second-order valence-electron chi connectivity index (χ2n) is 6.50. The van der Waals surface area contributed by atoms with E-state index in [2.05, 4.69) is 11.9 Å². The largest absolute Gasteiger partial charge is 0.490 e. The zero-order chi connectivity index (χ0) is 21.8. The van der Waals surface area contributed by atoms with Crippen LogP contribution in [0.1, 0.15) is 29.4 Å². The molecule has 1 aromatic carbocycles. The summed E-state index contributed by atoms with van der Waals surface area (Å²) in [5.74, 6) is -1.33. The summed E-state index contributed by atoms with van der Waals surface area (Å²) >= 11 is 0. The number of anilines is 1. The number of ether oxygens (including phenoxy) is 1. The van der Waals surface area contributed by atoms with Gasteiger partial charge in [0.05, 0.1) is 17.8 Å². The first-order valence-electron chi connectivity index (χ1n) is 8.45. The van der Waals surface area contributed by atoms with Gasteiger partial charge in [0, 0.05) is 25.4 Å². The van der Waals surface area contributed by atoms with Gasteiger partial charge in [0.2, 0.25) is 0 Å².